The molecule has 0 bridgehead atoms. The highest BCUT2D eigenvalue weighted by molar-refractivity contribution is 5.97. The van der Waals surface area contributed by atoms with Crippen LogP contribution in [0.2, 0.25) is 0 Å². The van der Waals surface area contributed by atoms with Crippen molar-refractivity contribution in [3.8, 4) is 0 Å². The van der Waals surface area contributed by atoms with Gasteiger partial charge in [0.15, 0.2) is 5.69 Å². The molecule has 0 unspecified atom stereocenters. The van der Waals surface area contributed by atoms with Gasteiger partial charge in [0, 0.05) is 13.1 Å². The average molecular weight is 254 g/mol. The Morgan fingerprint density at radius 2 is 2.11 bits per heavy atom. The standard InChI is InChI=1S/C11H18N4O3/c1-2-3-6-9(12)10(14-13-6)11(18)15-4-7(16)8(17)5-15/h7-8,16-17H,2-5,12H2,1H3,(H,13,14)/t7-,8+. The number of aryl methyl sites for hydroxylation is 1. The number of aromatic nitrogens is 2. The molecule has 0 aliphatic carbocycles. The van der Waals surface area contributed by atoms with Gasteiger partial charge in [-0.05, 0) is 6.42 Å². The van der Waals surface area contributed by atoms with Gasteiger partial charge in [0.2, 0.25) is 0 Å². The predicted octanol–water partition coefficient (Wildman–Crippen LogP) is -0.878. The summed E-state index contributed by atoms with van der Waals surface area (Å²) in [6.07, 6.45) is -0.160. The Hall–Kier alpha value is -1.60. The van der Waals surface area contributed by atoms with E-state index in [0.29, 0.717) is 5.69 Å². The molecule has 1 aromatic heterocycles. The first-order chi connectivity index (χ1) is 8.54. The van der Waals surface area contributed by atoms with Crippen molar-refractivity contribution >= 4 is 11.6 Å². The van der Waals surface area contributed by atoms with Crippen LogP contribution in [0.1, 0.15) is 29.5 Å². The fraction of sp³-hybridized carbons (Fsp3) is 0.636. The summed E-state index contributed by atoms with van der Waals surface area (Å²) < 4.78 is 0. The van der Waals surface area contributed by atoms with Crippen LogP contribution in [0.25, 0.3) is 0 Å². The second-order valence-corrected chi connectivity index (χ2v) is 4.56. The Morgan fingerprint density at radius 1 is 1.50 bits per heavy atom. The molecule has 1 aromatic rings. The molecule has 0 saturated carbocycles. The van der Waals surface area contributed by atoms with Crippen molar-refractivity contribution in [3.05, 3.63) is 11.4 Å². The molecule has 18 heavy (non-hydrogen) atoms. The summed E-state index contributed by atoms with van der Waals surface area (Å²) in [6.45, 7) is 2.22. The van der Waals surface area contributed by atoms with Crippen molar-refractivity contribution in [1.29, 1.82) is 0 Å². The van der Waals surface area contributed by atoms with Crippen LogP contribution in [0.4, 0.5) is 5.69 Å². The molecule has 2 atom stereocenters. The molecule has 0 spiro atoms. The molecule has 1 saturated heterocycles. The van der Waals surface area contributed by atoms with E-state index in [1.54, 1.807) is 0 Å². The number of carbonyl (C=O) groups is 1. The van der Waals surface area contributed by atoms with Gasteiger partial charge in [-0.2, -0.15) is 5.10 Å². The van der Waals surface area contributed by atoms with E-state index in [9.17, 15) is 15.0 Å². The maximum atomic E-state index is 12.1. The summed E-state index contributed by atoms with van der Waals surface area (Å²) in [7, 11) is 0. The normalized spacial score (nSPS) is 23.6. The minimum atomic E-state index is -0.899. The molecule has 1 aliphatic heterocycles. The van der Waals surface area contributed by atoms with Gasteiger partial charge in [-0.25, -0.2) is 0 Å². The van der Waals surface area contributed by atoms with E-state index in [1.807, 2.05) is 6.92 Å². The third-order valence-electron chi connectivity index (χ3n) is 3.13. The van der Waals surface area contributed by atoms with Gasteiger partial charge in [0.05, 0.1) is 23.6 Å². The first kappa shape index (κ1) is 12.8. The van der Waals surface area contributed by atoms with Crippen LogP contribution in [0, 0.1) is 0 Å². The minimum Gasteiger partial charge on any atom is -0.395 e. The Morgan fingerprint density at radius 3 is 2.67 bits per heavy atom. The number of hydrogen-bond acceptors (Lipinski definition) is 5. The number of β-amino-alcohol motifs (C(OH)–C–C–N with tert-alkyl or cyclic N) is 2. The molecule has 5 N–H and O–H groups in total. The Balaban J connectivity index is 2.14. The number of anilines is 1. The monoisotopic (exact) mass is 254 g/mol. The molecule has 0 aromatic carbocycles. The van der Waals surface area contributed by atoms with Gasteiger partial charge >= 0.3 is 0 Å². The second-order valence-electron chi connectivity index (χ2n) is 4.56. The summed E-state index contributed by atoms with van der Waals surface area (Å²) in [6, 6.07) is 0. The highest BCUT2D eigenvalue weighted by Crippen LogP contribution is 2.20. The maximum absolute atomic E-state index is 12.1. The zero-order chi connectivity index (χ0) is 13.3. The van der Waals surface area contributed by atoms with Crippen LogP contribution in [-0.2, 0) is 6.42 Å². The number of nitrogens with two attached hydrogens (primary N) is 1. The van der Waals surface area contributed by atoms with Crippen molar-refractivity contribution in [3.63, 3.8) is 0 Å². The van der Waals surface area contributed by atoms with Gasteiger partial charge in [-0.1, -0.05) is 13.3 Å². The molecular formula is C11H18N4O3. The van der Waals surface area contributed by atoms with E-state index in [0.717, 1.165) is 18.5 Å². The summed E-state index contributed by atoms with van der Waals surface area (Å²) >= 11 is 0. The number of carbonyl (C=O) groups excluding carboxylic acids is 1. The van der Waals surface area contributed by atoms with E-state index in [2.05, 4.69) is 10.2 Å². The maximum Gasteiger partial charge on any atom is 0.276 e. The molecule has 1 amide bonds. The van der Waals surface area contributed by atoms with Gasteiger partial charge in [0.1, 0.15) is 0 Å². The summed E-state index contributed by atoms with van der Waals surface area (Å²) in [5, 5.41) is 25.5. The highest BCUT2D eigenvalue weighted by Gasteiger charge is 2.34. The van der Waals surface area contributed by atoms with Crippen LogP contribution in [0.3, 0.4) is 0 Å². The third kappa shape index (κ3) is 2.19. The van der Waals surface area contributed by atoms with Crippen molar-refractivity contribution in [1.82, 2.24) is 15.1 Å². The third-order valence-corrected chi connectivity index (χ3v) is 3.13. The van der Waals surface area contributed by atoms with Crippen LogP contribution >= 0.6 is 0 Å². The van der Waals surface area contributed by atoms with Crippen LogP contribution in [0.5, 0.6) is 0 Å². The number of aliphatic hydroxyl groups is 2. The van der Waals surface area contributed by atoms with Crippen molar-refractivity contribution < 1.29 is 15.0 Å². The predicted molar refractivity (Wildman–Crippen MR) is 64.9 cm³/mol. The van der Waals surface area contributed by atoms with Crippen LogP contribution < -0.4 is 5.73 Å². The number of hydrogen-bond donors (Lipinski definition) is 4. The zero-order valence-corrected chi connectivity index (χ0v) is 10.3. The van der Waals surface area contributed by atoms with E-state index in [-0.39, 0.29) is 24.7 Å². The molecule has 1 fully saturated rings. The number of nitrogen functional groups attached to an aromatic ring is 1. The van der Waals surface area contributed by atoms with E-state index >= 15 is 0 Å². The molecule has 1 aliphatic rings. The lowest BCUT2D eigenvalue weighted by Crippen LogP contribution is -2.30. The SMILES string of the molecule is CCCc1[nH]nc(C(=O)N2C[C@@H](O)[C@@H](O)C2)c1N. The molecule has 0 radical (unpaired) electrons. The van der Waals surface area contributed by atoms with Crippen LogP contribution in [-0.4, -0.2) is 56.5 Å². The fourth-order valence-corrected chi connectivity index (χ4v) is 2.08. The van der Waals surface area contributed by atoms with Crippen molar-refractivity contribution in [2.75, 3.05) is 18.8 Å². The molecule has 7 heteroatoms. The van der Waals surface area contributed by atoms with Gasteiger partial charge < -0.3 is 20.8 Å². The van der Waals surface area contributed by atoms with E-state index < -0.39 is 12.2 Å². The summed E-state index contributed by atoms with van der Waals surface area (Å²) in [4.78, 5) is 13.5. The smallest absolute Gasteiger partial charge is 0.276 e. The van der Waals surface area contributed by atoms with Crippen molar-refractivity contribution in [2.45, 2.75) is 32.0 Å². The molecule has 7 nitrogen and oxygen atoms in total. The Kier molecular flexibility index (Phi) is 3.53. The number of likely N-dealkylation sites (tertiary alicyclic amines) is 1. The van der Waals surface area contributed by atoms with E-state index in [4.69, 9.17) is 5.73 Å². The average Bonchev–Trinajstić information content (AvgIpc) is 2.85. The first-order valence-electron chi connectivity index (χ1n) is 6.02. The van der Waals surface area contributed by atoms with Crippen molar-refractivity contribution in [2.24, 2.45) is 0 Å². The summed E-state index contributed by atoms with van der Waals surface area (Å²) in [5.41, 5.74) is 7.14. The van der Waals surface area contributed by atoms with Gasteiger partial charge in [-0.3, -0.25) is 9.89 Å². The quantitative estimate of drug-likeness (QED) is 0.559. The molecule has 100 valence electrons. The fourth-order valence-electron chi connectivity index (χ4n) is 2.08. The zero-order valence-electron chi connectivity index (χ0n) is 10.3. The van der Waals surface area contributed by atoms with Gasteiger partial charge in [0.25, 0.3) is 5.91 Å². The lowest BCUT2D eigenvalue weighted by molar-refractivity contribution is 0.0572. The lowest BCUT2D eigenvalue weighted by atomic mass is 10.2. The number of nitrogens with one attached hydrogen (secondary N) is 1. The number of H-pyrrole nitrogens is 1. The molecular weight excluding hydrogens is 236 g/mol. The van der Waals surface area contributed by atoms with E-state index in [1.165, 1.54) is 4.90 Å². The highest BCUT2D eigenvalue weighted by atomic mass is 16.3. The largest absolute Gasteiger partial charge is 0.395 e. The first-order valence-corrected chi connectivity index (χ1v) is 6.02. The number of aliphatic hydroxyl groups excluding tert-OH is 2. The number of rotatable bonds is 3. The number of aromatic amines is 1. The lowest BCUT2D eigenvalue weighted by Gasteiger charge is -2.13. The molecule has 2 heterocycles. The Bertz CT molecular complexity index is 435. The number of nitrogens with zero attached hydrogens (tertiary/aromatic N) is 2. The van der Waals surface area contributed by atoms with Gasteiger partial charge in [-0.15, -0.1) is 0 Å². The molecule has 2 rings (SSSR count). The number of amides is 1. The second kappa shape index (κ2) is 4.95. The Labute approximate surface area is 105 Å². The minimum absolute atomic E-state index is 0.107. The van der Waals surface area contributed by atoms with Crippen LogP contribution in [0.15, 0.2) is 0 Å². The topological polar surface area (TPSA) is 115 Å². The summed E-state index contributed by atoms with van der Waals surface area (Å²) in [5.74, 6) is -0.360.